The molecule has 0 radical (unpaired) electrons. The van der Waals surface area contributed by atoms with Crippen molar-refractivity contribution >= 4 is 34.8 Å². The first-order valence-corrected chi connectivity index (χ1v) is 12.0. The number of nitrogens with one attached hydrogen (secondary N) is 4. The van der Waals surface area contributed by atoms with Crippen LogP contribution in [0.1, 0.15) is 51.2 Å². The quantitative estimate of drug-likeness (QED) is 0.333. The summed E-state index contributed by atoms with van der Waals surface area (Å²) >= 11 is 6.02. The number of carbonyl (C=O) groups excluding carboxylic acids is 2. The molecule has 0 heterocycles. The molecule has 2 amide bonds. The largest absolute Gasteiger partial charge is 0.324 e. The first-order chi connectivity index (χ1) is 15.8. The fourth-order valence-electron chi connectivity index (χ4n) is 2.89. The van der Waals surface area contributed by atoms with E-state index < -0.39 is 0 Å². The maximum Gasteiger partial charge on any atom is 0.241 e. The van der Waals surface area contributed by atoms with Crippen LogP contribution < -0.4 is 21.3 Å². The predicted molar refractivity (Wildman–Crippen MR) is 140 cm³/mol. The summed E-state index contributed by atoms with van der Waals surface area (Å²) in [5.74, 6) is -0.0416. The van der Waals surface area contributed by atoms with Crippen LogP contribution in [0.4, 0.5) is 11.4 Å². The molecule has 2 aromatic rings. The Hall–Kier alpha value is -2.41. The van der Waals surface area contributed by atoms with E-state index in [1.165, 1.54) is 0 Å². The Bertz CT molecular complexity index is 853. The Balaban J connectivity index is 0.000000331. The Morgan fingerprint density at radius 3 is 2.24 bits per heavy atom. The average Bonchev–Trinajstić information content (AvgIpc) is 2.79. The molecule has 1 unspecified atom stereocenters. The Morgan fingerprint density at radius 2 is 1.61 bits per heavy atom. The van der Waals surface area contributed by atoms with Crippen molar-refractivity contribution in [3.05, 3.63) is 58.6 Å². The van der Waals surface area contributed by atoms with Gasteiger partial charge in [0, 0.05) is 5.69 Å². The summed E-state index contributed by atoms with van der Waals surface area (Å²) in [5.41, 5.74) is 3.65. The van der Waals surface area contributed by atoms with Crippen molar-refractivity contribution in [1.82, 2.24) is 10.6 Å². The molecule has 0 aromatic heterocycles. The van der Waals surface area contributed by atoms with E-state index in [1.54, 1.807) is 6.07 Å². The molecule has 4 N–H and O–H groups in total. The smallest absolute Gasteiger partial charge is 0.241 e. The van der Waals surface area contributed by atoms with Gasteiger partial charge in [0.15, 0.2) is 0 Å². The Kier molecular flexibility index (Phi) is 14.1. The molecule has 0 aliphatic carbocycles. The number of para-hydroxylation sites is 2. The Labute approximate surface area is 203 Å². The van der Waals surface area contributed by atoms with Crippen molar-refractivity contribution in [2.75, 3.05) is 30.3 Å². The van der Waals surface area contributed by atoms with Gasteiger partial charge >= 0.3 is 0 Å². The lowest BCUT2D eigenvalue weighted by molar-refractivity contribution is -0.118. The molecule has 0 saturated heterocycles. The SMILES string of the molecule is CCCCNCC(=O)Nc1c(C)cccc1Cl.CCCNC(C)C(=O)Nc1ccccc1C. The number of rotatable bonds is 11. The molecule has 0 aliphatic heterocycles. The maximum absolute atomic E-state index is 11.8. The molecule has 7 heteroatoms. The highest BCUT2D eigenvalue weighted by Crippen LogP contribution is 2.24. The number of hydrogen-bond acceptors (Lipinski definition) is 4. The number of hydrogen-bond donors (Lipinski definition) is 4. The van der Waals surface area contributed by atoms with Crippen LogP contribution in [0.5, 0.6) is 0 Å². The number of halogens is 1. The van der Waals surface area contributed by atoms with Gasteiger partial charge in [-0.15, -0.1) is 0 Å². The molecule has 6 nitrogen and oxygen atoms in total. The van der Waals surface area contributed by atoms with Crippen molar-refractivity contribution in [3.8, 4) is 0 Å². The van der Waals surface area contributed by atoms with Gasteiger partial charge in [-0.3, -0.25) is 9.59 Å². The van der Waals surface area contributed by atoms with Crippen molar-refractivity contribution in [2.45, 2.75) is 59.9 Å². The van der Waals surface area contributed by atoms with Gasteiger partial charge in [0.2, 0.25) is 11.8 Å². The maximum atomic E-state index is 11.8. The fourth-order valence-corrected chi connectivity index (χ4v) is 3.15. The highest BCUT2D eigenvalue weighted by molar-refractivity contribution is 6.33. The van der Waals surface area contributed by atoms with Crippen LogP contribution >= 0.6 is 11.6 Å². The van der Waals surface area contributed by atoms with E-state index in [0.29, 0.717) is 17.3 Å². The van der Waals surface area contributed by atoms with Gasteiger partial charge in [-0.2, -0.15) is 0 Å². The van der Waals surface area contributed by atoms with E-state index in [-0.39, 0.29) is 17.9 Å². The second kappa shape index (κ2) is 16.2. The van der Waals surface area contributed by atoms with Crippen LogP contribution in [0.15, 0.2) is 42.5 Å². The molecule has 0 bridgehead atoms. The first kappa shape index (κ1) is 28.6. The van der Waals surface area contributed by atoms with Crippen molar-refractivity contribution in [3.63, 3.8) is 0 Å². The molecular weight excluding hydrogens is 436 g/mol. The van der Waals surface area contributed by atoms with Crippen LogP contribution in [-0.2, 0) is 9.59 Å². The number of anilines is 2. The van der Waals surface area contributed by atoms with Gasteiger partial charge in [-0.25, -0.2) is 0 Å². The number of amides is 2. The zero-order valence-electron chi connectivity index (χ0n) is 20.6. The van der Waals surface area contributed by atoms with E-state index in [4.69, 9.17) is 11.6 Å². The summed E-state index contributed by atoms with van der Waals surface area (Å²) < 4.78 is 0. The van der Waals surface area contributed by atoms with Gasteiger partial charge in [-0.1, -0.05) is 62.2 Å². The molecule has 0 saturated carbocycles. The number of unbranched alkanes of at least 4 members (excludes halogenated alkanes) is 1. The third kappa shape index (κ3) is 11.3. The van der Waals surface area contributed by atoms with Gasteiger partial charge in [0.25, 0.3) is 0 Å². The van der Waals surface area contributed by atoms with Gasteiger partial charge in [0.1, 0.15) is 0 Å². The van der Waals surface area contributed by atoms with E-state index in [1.807, 2.05) is 57.2 Å². The minimum atomic E-state index is -0.153. The van der Waals surface area contributed by atoms with E-state index in [0.717, 1.165) is 49.2 Å². The molecular formula is C26H39ClN4O2. The topological polar surface area (TPSA) is 82.3 Å². The average molecular weight is 475 g/mol. The van der Waals surface area contributed by atoms with Gasteiger partial charge in [-0.05, 0) is 70.0 Å². The molecule has 0 fully saturated rings. The third-order valence-electron chi connectivity index (χ3n) is 4.98. The molecule has 0 spiro atoms. The molecule has 2 rings (SSSR count). The number of benzene rings is 2. The standard InChI is InChI=1S/C13H19ClN2O.C13H20N2O/c1-3-4-8-15-9-12(17)16-13-10(2)6-5-7-11(13)14;1-4-9-14-11(3)13(16)15-12-8-6-5-7-10(12)2/h5-7,15H,3-4,8-9H2,1-2H3,(H,16,17);5-8,11,14H,4,9H2,1-3H3,(H,15,16). The van der Waals surface area contributed by atoms with E-state index in [2.05, 4.69) is 35.1 Å². The number of aryl methyl sites for hydroxylation is 2. The molecule has 0 aliphatic rings. The van der Waals surface area contributed by atoms with Crippen LogP contribution in [0, 0.1) is 13.8 Å². The van der Waals surface area contributed by atoms with Crippen molar-refractivity contribution in [1.29, 1.82) is 0 Å². The summed E-state index contributed by atoms with van der Waals surface area (Å²) in [7, 11) is 0. The highest BCUT2D eigenvalue weighted by Gasteiger charge is 2.12. The summed E-state index contributed by atoms with van der Waals surface area (Å²) in [5, 5.41) is 12.6. The van der Waals surface area contributed by atoms with Crippen molar-refractivity contribution in [2.24, 2.45) is 0 Å². The third-order valence-corrected chi connectivity index (χ3v) is 5.29. The lowest BCUT2D eigenvalue weighted by Gasteiger charge is -2.14. The van der Waals surface area contributed by atoms with Crippen LogP contribution in [0.3, 0.4) is 0 Å². The molecule has 1 atom stereocenters. The van der Waals surface area contributed by atoms with Gasteiger partial charge in [0.05, 0.1) is 23.3 Å². The highest BCUT2D eigenvalue weighted by atomic mass is 35.5. The van der Waals surface area contributed by atoms with E-state index >= 15 is 0 Å². The molecule has 182 valence electrons. The molecule has 2 aromatic carbocycles. The van der Waals surface area contributed by atoms with E-state index in [9.17, 15) is 9.59 Å². The fraction of sp³-hybridized carbons (Fsp3) is 0.462. The lowest BCUT2D eigenvalue weighted by Crippen LogP contribution is -2.38. The van der Waals surface area contributed by atoms with Crippen LogP contribution in [-0.4, -0.2) is 37.5 Å². The monoisotopic (exact) mass is 474 g/mol. The van der Waals surface area contributed by atoms with Crippen LogP contribution in [0.25, 0.3) is 0 Å². The lowest BCUT2D eigenvalue weighted by atomic mass is 10.2. The first-order valence-electron chi connectivity index (χ1n) is 11.7. The zero-order valence-corrected chi connectivity index (χ0v) is 21.3. The minimum Gasteiger partial charge on any atom is -0.324 e. The Morgan fingerprint density at radius 1 is 0.909 bits per heavy atom. The minimum absolute atomic E-state index is 0.0164. The summed E-state index contributed by atoms with van der Waals surface area (Å²) in [6.07, 6.45) is 3.23. The van der Waals surface area contributed by atoms with Gasteiger partial charge < -0.3 is 21.3 Å². The van der Waals surface area contributed by atoms with Crippen LogP contribution in [0.2, 0.25) is 5.02 Å². The second-order valence-electron chi connectivity index (χ2n) is 7.99. The molecule has 33 heavy (non-hydrogen) atoms. The summed E-state index contributed by atoms with van der Waals surface area (Å²) in [6.45, 7) is 12.0. The van der Waals surface area contributed by atoms with Crippen molar-refractivity contribution < 1.29 is 9.59 Å². The summed E-state index contributed by atoms with van der Waals surface area (Å²) in [6, 6.07) is 13.2. The second-order valence-corrected chi connectivity index (χ2v) is 8.40. The normalized spacial score (nSPS) is 11.2. The predicted octanol–water partition coefficient (Wildman–Crippen LogP) is 5.30. The number of carbonyl (C=O) groups is 2. The summed E-state index contributed by atoms with van der Waals surface area (Å²) in [4.78, 5) is 23.4. The zero-order chi connectivity index (χ0) is 24.6.